The number of amides is 2. The number of esters is 1. The van der Waals surface area contributed by atoms with E-state index < -0.39 is 23.2 Å². The molecule has 0 fully saturated rings. The summed E-state index contributed by atoms with van der Waals surface area (Å²) in [6, 6.07) is 12.5. The Morgan fingerprint density at radius 2 is 1.74 bits per heavy atom. The lowest BCUT2D eigenvalue weighted by Crippen LogP contribution is -2.28. The molecule has 0 heterocycles. The van der Waals surface area contributed by atoms with Crippen LogP contribution in [0.3, 0.4) is 0 Å². The highest BCUT2D eigenvalue weighted by Gasteiger charge is 2.25. The SMILES string of the molecule is C=C(C#N)C(=O)N(C)c1cc(OC(=O)C(C)(C)C)cc(C(=O)Nc2ccc(Cl)cc2)c1. The van der Waals surface area contributed by atoms with E-state index >= 15 is 0 Å². The van der Waals surface area contributed by atoms with Crippen molar-refractivity contribution in [2.24, 2.45) is 5.41 Å². The molecule has 8 heteroatoms. The van der Waals surface area contributed by atoms with Crippen molar-refractivity contribution in [3.63, 3.8) is 0 Å². The Balaban J connectivity index is 2.44. The van der Waals surface area contributed by atoms with Crippen LogP contribution >= 0.6 is 11.6 Å². The number of nitrogens with one attached hydrogen (secondary N) is 1. The number of rotatable bonds is 5. The molecule has 0 aliphatic heterocycles. The molecule has 7 nitrogen and oxygen atoms in total. The molecule has 0 bridgehead atoms. The van der Waals surface area contributed by atoms with Crippen molar-refractivity contribution in [1.82, 2.24) is 0 Å². The van der Waals surface area contributed by atoms with Crippen molar-refractivity contribution < 1.29 is 19.1 Å². The number of nitrogens with zero attached hydrogens (tertiary/aromatic N) is 2. The minimum absolute atomic E-state index is 0.0842. The van der Waals surface area contributed by atoms with Gasteiger partial charge in [0.15, 0.2) is 0 Å². The zero-order valence-electron chi connectivity index (χ0n) is 17.7. The van der Waals surface area contributed by atoms with Crippen molar-refractivity contribution in [1.29, 1.82) is 5.26 Å². The van der Waals surface area contributed by atoms with Crippen LogP contribution in [0.1, 0.15) is 31.1 Å². The average molecular weight is 440 g/mol. The summed E-state index contributed by atoms with van der Waals surface area (Å²) >= 11 is 5.87. The first-order valence-electron chi connectivity index (χ1n) is 9.23. The summed E-state index contributed by atoms with van der Waals surface area (Å²) < 4.78 is 5.43. The number of carbonyl (C=O) groups is 3. The lowest BCUT2D eigenvalue weighted by molar-refractivity contribution is -0.143. The number of halogens is 1. The Labute approximate surface area is 185 Å². The molecule has 2 aromatic rings. The van der Waals surface area contributed by atoms with Gasteiger partial charge in [0.05, 0.1) is 5.41 Å². The molecule has 31 heavy (non-hydrogen) atoms. The molecule has 1 N–H and O–H groups in total. The second-order valence-electron chi connectivity index (χ2n) is 7.77. The van der Waals surface area contributed by atoms with Crippen LogP contribution < -0.4 is 15.0 Å². The maximum atomic E-state index is 12.8. The maximum Gasteiger partial charge on any atom is 0.316 e. The summed E-state index contributed by atoms with van der Waals surface area (Å²) in [4.78, 5) is 38.7. The summed E-state index contributed by atoms with van der Waals surface area (Å²) in [5, 5.41) is 12.2. The van der Waals surface area contributed by atoms with Gasteiger partial charge >= 0.3 is 5.97 Å². The van der Waals surface area contributed by atoms with Crippen LogP contribution in [0.25, 0.3) is 0 Å². The van der Waals surface area contributed by atoms with Crippen LogP contribution in [0, 0.1) is 16.7 Å². The topological polar surface area (TPSA) is 99.5 Å². The maximum absolute atomic E-state index is 12.8. The quantitative estimate of drug-likeness (QED) is 0.318. The van der Waals surface area contributed by atoms with Gasteiger partial charge in [-0.1, -0.05) is 18.2 Å². The fourth-order valence-electron chi connectivity index (χ4n) is 2.33. The molecular weight excluding hydrogens is 418 g/mol. The van der Waals surface area contributed by atoms with Gasteiger partial charge in [-0.2, -0.15) is 5.26 Å². The predicted octanol–water partition coefficient (Wildman–Crippen LogP) is 4.59. The molecule has 0 atom stereocenters. The normalized spacial score (nSPS) is 10.6. The van der Waals surface area contributed by atoms with Gasteiger partial charge in [-0.25, -0.2) is 0 Å². The number of anilines is 2. The lowest BCUT2D eigenvalue weighted by Gasteiger charge is -2.20. The number of carbonyl (C=O) groups excluding carboxylic acids is 3. The standard InChI is InChI=1S/C23H22ClN3O4/c1-14(13-25)21(29)27(5)18-10-15(11-19(12-18)31-22(30)23(2,3)4)20(28)26-17-8-6-16(24)7-9-17/h6-12H,1H2,2-5H3,(H,26,28). The van der Waals surface area contributed by atoms with E-state index in [-0.39, 0.29) is 22.6 Å². The summed E-state index contributed by atoms with van der Waals surface area (Å²) in [5.74, 6) is -1.56. The number of ether oxygens (including phenoxy) is 1. The van der Waals surface area contributed by atoms with Gasteiger partial charge in [-0.05, 0) is 57.2 Å². The third-order valence-corrected chi connectivity index (χ3v) is 4.42. The fraction of sp³-hybridized carbons (Fsp3) is 0.217. The Morgan fingerprint density at radius 1 is 1.13 bits per heavy atom. The van der Waals surface area contributed by atoms with E-state index in [4.69, 9.17) is 21.6 Å². The number of hydrogen-bond donors (Lipinski definition) is 1. The van der Waals surface area contributed by atoms with Gasteiger partial charge in [0.25, 0.3) is 11.8 Å². The highest BCUT2D eigenvalue weighted by molar-refractivity contribution is 6.30. The minimum Gasteiger partial charge on any atom is -0.426 e. The Kier molecular flexibility index (Phi) is 7.21. The van der Waals surface area contributed by atoms with Crippen molar-refractivity contribution in [3.05, 3.63) is 65.2 Å². The van der Waals surface area contributed by atoms with Crippen molar-refractivity contribution in [2.45, 2.75) is 20.8 Å². The second-order valence-corrected chi connectivity index (χ2v) is 8.21. The van der Waals surface area contributed by atoms with Crippen molar-refractivity contribution >= 4 is 40.8 Å². The van der Waals surface area contributed by atoms with Crippen molar-refractivity contribution in [2.75, 3.05) is 17.3 Å². The Bertz CT molecular complexity index is 1080. The monoisotopic (exact) mass is 439 g/mol. The van der Waals surface area contributed by atoms with Crippen LogP contribution in [-0.2, 0) is 9.59 Å². The highest BCUT2D eigenvalue weighted by atomic mass is 35.5. The molecular formula is C23H22ClN3O4. The molecule has 0 aliphatic carbocycles. The molecule has 0 saturated carbocycles. The number of benzene rings is 2. The lowest BCUT2D eigenvalue weighted by atomic mass is 9.97. The second kappa shape index (κ2) is 9.45. The largest absolute Gasteiger partial charge is 0.426 e. The fourth-order valence-corrected chi connectivity index (χ4v) is 2.46. The molecule has 0 aromatic heterocycles. The first-order valence-corrected chi connectivity index (χ1v) is 9.61. The summed E-state index contributed by atoms with van der Waals surface area (Å²) in [6.45, 7) is 8.50. The van der Waals surface area contributed by atoms with Gasteiger partial charge < -0.3 is 15.0 Å². The van der Waals surface area contributed by atoms with Gasteiger partial charge in [-0.15, -0.1) is 0 Å². The predicted molar refractivity (Wildman–Crippen MR) is 119 cm³/mol. The minimum atomic E-state index is -0.779. The van der Waals surface area contributed by atoms with E-state index in [2.05, 4.69) is 11.9 Å². The van der Waals surface area contributed by atoms with E-state index in [9.17, 15) is 14.4 Å². The summed E-state index contributed by atoms with van der Waals surface area (Å²) in [6.07, 6.45) is 0. The van der Waals surface area contributed by atoms with E-state index in [1.807, 2.05) is 0 Å². The molecule has 0 saturated heterocycles. The van der Waals surface area contributed by atoms with Gasteiger partial charge in [0.2, 0.25) is 0 Å². The molecule has 0 radical (unpaired) electrons. The van der Waals surface area contributed by atoms with Crippen molar-refractivity contribution in [3.8, 4) is 11.8 Å². The Morgan fingerprint density at radius 3 is 2.29 bits per heavy atom. The van der Waals surface area contributed by atoms with E-state index in [0.717, 1.165) is 4.90 Å². The molecule has 2 rings (SSSR count). The zero-order valence-corrected chi connectivity index (χ0v) is 18.4. The Hall–Kier alpha value is -3.63. The van der Waals surface area contributed by atoms with E-state index in [1.54, 1.807) is 51.1 Å². The first-order chi connectivity index (χ1) is 14.4. The molecule has 0 spiro atoms. The number of likely N-dealkylation sites (N-methyl/N-ethyl adjacent to an activating group) is 1. The van der Waals surface area contributed by atoms with Crippen LogP contribution in [0.2, 0.25) is 5.02 Å². The zero-order chi connectivity index (χ0) is 23.3. The first kappa shape index (κ1) is 23.6. The van der Waals surface area contributed by atoms with Crippen LogP contribution in [0.15, 0.2) is 54.6 Å². The molecule has 0 aliphatic rings. The smallest absolute Gasteiger partial charge is 0.316 e. The molecule has 2 amide bonds. The number of nitriles is 1. The van der Waals surface area contributed by atoms with Gasteiger partial charge in [-0.3, -0.25) is 14.4 Å². The van der Waals surface area contributed by atoms with Crippen LogP contribution in [-0.4, -0.2) is 24.8 Å². The molecule has 160 valence electrons. The van der Waals surface area contributed by atoms with Crippen LogP contribution in [0.4, 0.5) is 11.4 Å². The number of hydrogen-bond acceptors (Lipinski definition) is 5. The van der Waals surface area contributed by atoms with Gasteiger partial charge in [0, 0.05) is 35.1 Å². The molecule has 0 unspecified atom stereocenters. The molecule has 2 aromatic carbocycles. The highest BCUT2D eigenvalue weighted by Crippen LogP contribution is 2.27. The third kappa shape index (κ3) is 6.17. The van der Waals surface area contributed by atoms with Gasteiger partial charge in [0.1, 0.15) is 17.4 Å². The van der Waals surface area contributed by atoms with E-state index in [0.29, 0.717) is 10.7 Å². The third-order valence-electron chi connectivity index (χ3n) is 4.16. The average Bonchev–Trinajstić information content (AvgIpc) is 2.72. The van der Waals surface area contributed by atoms with E-state index in [1.165, 1.54) is 25.2 Å². The van der Waals surface area contributed by atoms with Crippen LogP contribution in [0.5, 0.6) is 5.75 Å². The summed E-state index contributed by atoms with van der Waals surface area (Å²) in [7, 11) is 1.43. The summed E-state index contributed by atoms with van der Waals surface area (Å²) in [5.41, 5.74) is -0.145.